The molecule has 0 radical (unpaired) electrons. The van der Waals surface area contributed by atoms with Crippen LogP contribution in [-0.2, 0) is 4.74 Å². The van der Waals surface area contributed by atoms with E-state index in [0.717, 1.165) is 13.0 Å². The molecule has 1 nitrogen and oxygen atoms in total. The molecule has 0 aromatic heterocycles. The Morgan fingerprint density at radius 3 is 2.58 bits per heavy atom. The van der Waals surface area contributed by atoms with Crippen molar-refractivity contribution >= 4 is 0 Å². The lowest BCUT2D eigenvalue weighted by Crippen LogP contribution is -2.18. The standard InChI is InChI=1S/C11H20O/c1-3-9-12-11-7-5-10(4-2)6-8-11/h4,11H,3,5-9H2,1-2H3. The van der Waals surface area contributed by atoms with Crippen LogP contribution in [0.5, 0.6) is 0 Å². The van der Waals surface area contributed by atoms with Gasteiger partial charge in [-0.15, -0.1) is 0 Å². The fourth-order valence-corrected chi connectivity index (χ4v) is 1.70. The van der Waals surface area contributed by atoms with Crippen molar-refractivity contribution < 1.29 is 4.74 Å². The van der Waals surface area contributed by atoms with Gasteiger partial charge in [0, 0.05) is 6.61 Å². The first-order valence-corrected chi connectivity index (χ1v) is 5.12. The van der Waals surface area contributed by atoms with Gasteiger partial charge in [-0.1, -0.05) is 18.6 Å². The maximum Gasteiger partial charge on any atom is 0.0581 e. The number of allylic oxidation sites excluding steroid dienone is 2. The van der Waals surface area contributed by atoms with E-state index in [1.165, 1.54) is 25.7 Å². The van der Waals surface area contributed by atoms with Crippen LogP contribution in [0.3, 0.4) is 0 Å². The average molecular weight is 168 g/mol. The molecule has 1 heteroatoms. The highest BCUT2D eigenvalue weighted by Crippen LogP contribution is 2.25. The van der Waals surface area contributed by atoms with Gasteiger partial charge in [0.2, 0.25) is 0 Å². The summed E-state index contributed by atoms with van der Waals surface area (Å²) in [5, 5.41) is 0. The molecule has 0 spiro atoms. The molecule has 1 aliphatic carbocycles. The lowest BCUT2D eigenvalue weighted by Gasteiger charge is -2.23. The number of ether oxygens (including phenoxy) is 1. The second kappa shape index (κ2) is 5.36. The molecule has 0 N–H and O–H groups in total. The van der Waals surface area contributed by atoms with Crippen LogP contribution in [0.2, 0.25) is 0 Å². The highest BCUT2D eigenvalue weighted by molar-refractivity contribution is 5.03. The molecule has 1 rings (SSSR count). The summed E-state index contributed by atoms with van der Waals surface area (Å²) in [5.74, 6) is 0. The van der Waals surface area contributed by atoms with Crippen molar-refractivity contribution in [1.82, 2.24) is 0 Å². The fraction of sp³-hybridized carbons (Fsp3) is 0.818. The molecular formula is C11H20O. The van der Waals surface area contributed by atoms with E-state index in [2.05, 4.69) is 19.9 Å². The normalized spacial score (nSPS) is 24.2. The Balaban J connectivity index is 2.17. The largest absolute Gasteiger partial charge is 0.378 e. The molecule has 70 valence electrons. The minimum absolute atomic E-state index is 0.550. The highest BCUT2D eigenvalue weighted by Gasteiger charge is 2.15. The molecule has 0 aromatic carbocycles. The molecule has 0 unspecified atom stereocenters. The molecule has 0 atom stereocenters. The second-order valence-electron chi connectivity index (χ2n) is 3.52. The fourth-order valence-electron chi connectivity index (χ4n) is 1.70. The lowest BCUT2D eigenvalue weighted by atomic mass is 9.92. The third-order valence-corrected chi connectivity index (χ3v) is 2.54. The van der Waals surface area contributed by atoms with Crippen molar-refractivity contribution in [2.24, 2.45) is 0 Å². The quantitative estimate of drug-likeness (QED) is 0.587. The molecule has 0 amide bonds. The second-order valence-corrected chi connectivity index (χ2v) is 3.52. The first kappa shape index (κ1) is 9.79. The van der Waals surface area contributed by atoms with Crippen LogP contribution >= 0.6 is 0 Å². The molecule has 0 heterocycles. The first-order valence-electron chi connectivity index (χ1n) is 5.12. The summed E-state index contributed by atoms with van der Waals surface area (Å²) in [6.45, 7) is 5.25. The summed E-state index contributed by atoms with van der Waals surface area (Å²) >= 11 is 0. The maximum absolute atomic E-state index is 5.70. The third-order valence-electron chi connectivity index (χ3n) is 2.54. The van der Waals surface area contributed by atoms with Gasteiger partial charge in [0.15, 0.2) is 0 Å². The van der Waals surface area contributed by atoms with Crippen molar-refractivity contribution in [2.75, 3.05) is 6.61 Å². The van der Waals surface area contributed by atoms with E-state index >= 15 is 0 Å². The van der Waals surface area contributed by atoms with Crippen LogP contribution < -0.4 is 0 Å². The van der Waals surface area contributed by atoms with Crippen molar-refractivity contribution in [2.45, 2.75) is 52.1 Å². The van der Waals surface area contributed by atoms with Gasteiger partial charge in [-0.25, -0.2) is 0 Å². The Kier molecular flexibility index (Phi) is 4.37. The van der Waals surface area contributed by atoms with Gasteiger partial charge >= 0.3 is 0 Å². The van der Waals surface area contributed by atoms with E-state index in [-0.39, 0.29) is 0 Å². The summed E-state index contributed by atoms with van der Waals surface area (Å²) in [5.41, 5.74) is 1.62. The van der Waals surface area contributed by atoms with Gasteiger partial charge in [0.1, 0.15) is 0 Å². The van der Waals surface area contributed by atoms with Gasteiger partial charge in [-0.3, -0.25) is 0 Å². The Morgan fingerprint density at radius 2 is 2.08 bits per heavy atom. The Labute approximate surface area is 75.8 Å². The summed E-state index contributed by atoms with van der Waals surface area (Å²) in [6, 6.07) is 0. The molecule has 0 aliphatic heterocycles. The molecule has 0 bridgehead atoms. The molecule has 1 aliphatic rings. The van der Waals surface area contributed by atoms with E-state index in [0.29, 0.717) is 6.10 Å². The Bertz CT molecular complexity index is 139. The predicted octanol–water partition coefficient (Wildman–Crippen LogP) is 3.30. The van der Waals surface area contributed by atoms with Gasteiger partial charge in [-0.2, -0.15) is 0 Å². The maximum atomic E-state index is 5.70. The number of rotatable bonds is 3. The molecule has 0 saturated heterocycles. The van der Waals surface area contributed by atoms with Crippen LogP contribution in [-0.4, -0.2) is 12.7 Å². The molecule has 1 fully saturated rings. The third kappa shape index (κ3) is 2.98. The Morgan fingerprint density at radius 1 is 1.42 bits per heavy atom. The number of hydrogen-bond donors (Lipinski definition) is 0. The van der Waals surface area contributed by atoms with E-state index < -0.39 is 0 Å². The SMILES string of the molecule is CC=C1CCC(OCCC)CC1. The van der Waals surface area contributed by atoms with Crippen LogP contribution in [0, 0.1) is 0 Å². The van der Waals surface area contributed by atoms with Gasteiger partial charge < -0.3 is 4.74 Å². The highest BCUT2D eigenvalue weighted by atomic mass is 16.5. The zero-order valence-electron chi connectivity index (χ0n) is 8.31. The van der Waals surface area contributed by atoms with E-state index in [4.69, 9.17) is 4.74 Å². The number of hydrogen-bond acceptors (Lipinski definition) is 1. The zero-order chi connectivity index (χ0) is 8.81. The summed E-state index contributed by atoms with van der Waals surface area (Å²) in [6.07, 6.45) is 8.94. The lowest BCUT2D eigenvalue weighted by molar-refractivity contribution is 0.0359. The average Bonchev–Trinajstić information content (AvgIpc) is 2.15. The first-order chi connectivity index (χ1) is 5.86. The van der Waals surface area contributed by atoms with Gasteiger partial charge in [0.25, 0.3) is 0 Å². The molecule has 0 aromatic rings. The molecular weight excluding hydrogens is 148 g/mol. The van der Waals surface area contributed by atoms with Gasteiger partial charge in [-0.05, 0) is 39.0 Å². The summed E-state index contributed by atoms with van der Waals surface area (Å²) in [7, 11) is 0. The van der Waals surface area contributed by atoms with Gasteiger partial charge in [0.05, 0.1) is 6.10 Å². The van der Waals surface area contributed by atoms with Crippen LogP contribution in [0.15, 0.2) is 11.6 Å². The van der Waals surface area contributed by atoms with Crippen molar-refractivity contribution in [3.05, 3.63) is 11.6 Å². The monoisotopic (exact) mass is 168 g/mol. The minimum atomic E-state index is 0.550. The molecule has 1 saturated carbocycles. The molecule has 12 heavy (non-hydrogen) atoms. The zero-order valence-corrected chi connectivity index (χ0v) is 8.31. The van der Waals surface area contributed by atoms with Crippen LogP contribution in [0.4, 0.5) is 0 Å². The van der Waals surface area contributed by atoms with Crippen LogP contribution in [0.25, 0.3) is 0 Å². The topological polar surface area (TPSA) is 9.23 Å². The minimum Gasteiger partial charge on any atom is -0.378 e. The van der Waals surface area contributed by atoms with Crippen molar-refractivity contribution in [3.8, 4) is 0 Å². The predicted molar refractivity (Wildman–Crippen MR) is 52.3 cm³/mol. The smallest absolute Gasteiger partial charge is 0.0581 e. The Hall–Kier alpha value is -0.300. The van der Waals surface area contributed by atoms with Crippen LogP contribution in [0.1, 0.15) is 46.0 Å². The summed E-state index contributed by atoms with van der Waals surface area (Å²) in [4.78, 5) is 0. The van der Waals surface area contributed by atoms with E-state index in [1.54, 1.807) is 5.57 Å². The van der Waals surface area contributed by atoms with E-state index in [1.807, 2.05) is 0 Å². The summed E-state index contributed by atoms with van der Waals surface area (Å²) < 4.78 is 5.70. The van der Waals surface area contributed by atoms with Crippen molar-refractivity contribution in [3.63, 3.8) is 0 Å². The van der Waals surface area contributed by atoms with Crippen molar-refractivity contribution in [1.29, 1.82) is 0 Å². The van der Waals surface area contributed by atoms with E-state index in [9.17, 15) is 0 Å².